The fourth-order valence-electron chi connectivity index (χ4n) is 3.62. The van der Waals surface area contributed by atoms with Crippen molar-refractivity contribution in [2.24, 2.45) is 4.74 Å². The van der Waals surface area contributed by atoms with Gasteiger partial charge in [0, 0.05) is 0 Å². The molecule has 0 fully saturated rings. The van der Waals surface area contributed by atoms with Crippen LogP contribution in [-0.2, 0) is 11.0 Å². The summed E-state index contributed by atoms with van der Waals surface area (Å²) in [6.07, 6.45) is 14.4. The lowest BCUT2D eigenvalue weighted by Gasteiger charge is -2.26. The van der Waals surface area contributed by atoms with Crippen molar-refractivity contribution in [2.75, 3.05) is 30.8 Å². The van der Waals surface area contributed by atoms with E-state index in [4.69, 9.17) is 4.74 Å². The van der Waals surface area contributed by atoms with E-state index >= 15 is 0 Å². The van der Waals surface area contributed by atoms with Crippen molar-refractivity contribution < 1.29 is 9.00 Å². The molecule has 1 aliphatic heterocycles. The van der Waals surface area contributed by atoms with Crippen LogP contribution in [0.4, 0.5) is 5.69 Å². The number of rotatable bonds is 11. The van der Waals surface area contributed by atoms with Crippen LogP contribution in [0.2, 0.25) is 0 Å². The molecule has 6 heteroatoms. The van der Waals surface area contributed by atoms with Crippen molar-refractivity contribution in [2.45, 2.75) is 59.3 Å². The third kappa shape index (κ3) is 6.93. The Balaban J connectivity index is 2.47. The van der Waals surface area contributed by atoms with Crippen LogP contribution in [0.3, 0.4) is 0 Å². The summed E-state index contributed by atoms with van der Waals surface area (Å²) in [5.74, 6) is 0.248. The molecule has 0 N–H and O–H groups in total. The van der Waals surface area contributed by atoms with Crippen LogP contribution in [-0.4, -0.2) is 45.2 Å². The maximum atomic E-state index is 13.2. The van der Waals surface area contributed by atoms with E-state index in [9.17, 15) is 9.00 Å². The van der Waals surface area contributed by atoms with Gasteiger partial charge in [-0.15, -0.1) is 0 Å². The highest BCUT2D eigenvalue weighted by molar-refractivity contribution is 7.83. The van der Waals surface area contributed by atoms with Gasteiger partial charge in [0.2, 0.25) is 0 Å². The van der Waals surface area contributed by atoms with E-state index < -0.39 is 18.0 Å². The first-order chi connectivity index (χ1) is 14.1. The topological polar surface area (TPSA) is 49.7 Å². The first-order valence-electron chi connectivity index (χ1n) is 11.1. The molecule has 1 aromatic rings. The predicted octanol–water partition coefficient (Wildman–Crippen LogP) is 6.60. The minimum Gasteiger partial charge on any atom is -0.268 e. The highest BCUT2D eigenvalue weighted by Crippen LogP contribution is 2.54. The summed E-state index contributed by atoms with van der Waals surface area (Å²) in [5.41, 5.74) is 1.41. The molecule has 1 aromatic carbocycles. The van der Waals surface area contributed by atoms with E-state index in [2.05, 4.69) is 20.8 Å². The second kappa shape index (κ2) is 12.5. The average Bonchev–Trinajstić information content (AvgIpc) is 2.75. The zero-order chi connectivity index (χ0) is 21.1. The van der Waals surface area contributed by atoms with Crippen molar-refractivity contribution in [3.63, 3.8) is 0 Å². The van der Waals surface area contributed by atoms with E-state index in [1.165, 1.54) is 61.3 Å². The molecular weight excluding hydrogens is 399 g/mol. The van der Waals surface area contributed by atoms with Crippen LogP contribution in [0, 0.1) is 0 Å². The Morgan fingerprint density at radius 2 is 1.59 bits per heavy atom. The fourth-order valence-corrected chi connectivity index (χ4v) is 8.95. The molecule has 0 spiro atoms. The van der Waals surface area contributed by atoms with Gasteiger partial charge in [0.05, 0.1) is 23.5 Å². The molecule has 1 amide bonds. The van der Waals surface area contributed by atoms with E-state index in [1.807, 2.05) is 36.4 Å². The summed E-state index contributed by atoms with van der Waals surface area (Å²) in [6.45, 7) is 7.13. The van der Waals surface area contributed by atoms with E-state index in [-0.39, 0.29) is 5.91 Å². The number of unbranched alkanes of at least 4 members (excludes halogenated alkanes) is 3. The lowest BCUT2D eigenvalue weighted by atomic mass is 10.1. The van der Waals surface area contributed by atoms with Gasteiger partial charge in [-0.25, -0.2) is 4.21 Å². The molecule has 1 unspecified atom stereocenters. The Bertz CT molecular complexity index is 747. The summed E-state index contributed by atoms with van der Waals surface area (Å²) in [6, 6.07) is 7.69. The largest absolute Gasteiger partial charge is 0.268 e. The summed E-state index contributed by atoms with van der Waals surface area (Å²) in [5, 5.41) is 0. The maximum Gasteiger partial charge on any atom is 0.268 e. The number of nitrogens with zero attached hydrogens (tertiary/aromatic N) is 2. The average molecular weight is 437 g/mol. The van der Waals surface area contributed by atoms with Crippen LogP contribution < -0.4 is 0 Å². The minimum absolute atomic E-state index is 0.161. The summed E-state index contributed by atoms with van der Waals surface area (Å²) in [4.78, 5) is 13.2. The SMILES string of the molecule is CCCCP(CCCC)(CCCC)=Nc1ccccc1C(=O)N1CC=CCS1=O. The third-order valence-electron chi connectivity index (χ3n) is 5.39. The first kappa shape index (κ1) is 24.1. The lowest BCUT2D eigenvalue weighted by molar-refractivity contribution is 0.0876. The highest BCUT2D eigenvalue weighted by atomic mass is 32.2. The van der Waals surface area contributed by atoms with Gasteiger partial charge in [-0.3, -0.25) is 13.8 Å². The van der Waals surface area contributed by atoms with Gasteiger partial charge >= 0.3 is 0 Å². The molecule has 0 saturated carbocycles. The van der Waals surface area contributed by atoms with Crippen LogP contribution in [0.5, 0.6) is 0 Å². The Kier molecular flexibility index (Phi) is 10.4. The third-order valence-corrected chi connectivity index (χ3v) is 10.8. The zero-order valence-electron chi connectivity index (χ0n) is 18.3. The van der Waals surface area contributed by atoms with E-state index in [0.717, 1.165) is 5.69 Å². The Labute approximate surface area is 179 Å². The van der Waals surface area contributed by atoms with Crippen molar-refractivity contribution in [1.29, 1.82) is 0 Å². The van der Waals surface area contributed by atoms with Crippen molar-refractivity contribution in [3.05, 3.63) is 42.0 Å². The second-order valence-electron chi connectivity index (χ2n) is 7.77. The normalized spacial score (nSPS) is 16.8. The summed E-state index contributed by atoms with van der Waals surface area (Å²) in [7, 11) is -2.82. The zero-order valence-corrected chi connectivity index (χ0v) is 20.0. The number of carbonyl (C=O) groups is 1. The quantitative estimate of drug-likeness (QED) is 0.290. The Morgan fingerprint density at radius 3 is 2.14 bits per heavy atom. The molecule has 162 valence electrons. The summed E-state index contributed by atoms with van der Waals surface area (Å²) < 4.78 is 19.2. The minimum atomic E-state index is -1.53. The predicted molar refractivity (Wildman–Crippen MR) is 128 cm³/mol. The smallest absolute Gasteiger partial charge is 0.268 e. The monoisotopic (exact) mass is 436 g/mol. The lowest BCUT2D eigenvalue weighted by Crippen LogP contribution is -2.36. The molecule has 0 saturated heterocycles. The standard InChI is InChI=1S/C23H37N2O2PS/c1-4-7-17-28(18-8-5-2,19-9-6-3)24-22-15-11-10-14-21(22)23(26)25-16-12-13-20-29(25)27/h10-15H,4-9,16-20H2,1-3H3. The van der Waals surface area contributed by atoms with Crippen LogP contribution >= 0.6 is 7.05 Å². The molecule has 1 aliphatic rings. The van der Waals surface area contributed by atoms with Gasteiger partial charge in [0.25, 0.3) is 5.91 Å². The molecular formula is C23H37N2O2PS. The molecule has 1 atom stereocenters. The molecule has 1 heterocycles. The number of amides is 1. The van der Waals surface area contributed by atoms with Crippen LogP contribution in [0.15, 0.2) is 41.2 Å². The van der Waals surface area contributed by atoms with Gasteiger partial charge < -0.3 is 0 Å². The molecule has 0 bridgehead atoms. The molecule has 0 aromatic heterocycles. The van der Waals surface area contributed by atoms with Crippen LogP contribution in [0.1, 0.15) is 69.7 Å². The number of benzene rings is 1. The molecule has 29 heavy (non-hydrogen) atoms. The highest BCUT2D eigenvalue weighted by Gasteiger charge is 2.25. The van der Waals surface area contributed by atoms with Crippen molar-refractivity contribution >= 4 is 29.6 Å². The first-order valence-corrected chi connectivity index (χ1v) is 14.7. The van der Waals surface area contributed by atoms with Gasteiger partial charge in [-0.05, 0) is 56.9 Å². The van der Waals surface area contributed by atoms with E-state index in [1.54, 1.807) is 0 Å². The Morgan fingerprint density at radius 1 is 1.00 bits per heavy atom. The number of carbonyl (C=O) groups excluding carboxylic acids is 1. The van der Waals surface area contributed by atoms with Crippen molar-refractivity contribution in [3.8, 4) is 0 Å². The van der Waals surface area contributed by atoms with E-state index in [0.29, 0.717) is 17.9 Å². The van der Waals surface area contributed by atoms with Crippen molar-refractivity contribution in [1.82, 2.24) is 4.31 Å². The molecule has 4 nitrogen and oxygen atoms in total. The number of hydrogen-bond acceptors (Lipinski definition) is 3. The number of hydrogen-bond donors (Lipinski definition) is 0. The van der Waals surface area contributed by atoms with Gasteiger partial charge in [-0.1, -0.05) is 64.3 Å². The summed E-state index contributed by atoms with van der Waals surface area (Å²) >= 11 is 0. The van der Waals surface area contributed by atoms with Gasteiger partial charge in [0.15, 0.2) is 0 Å². The molecule has 0 radical (unpaired) electrons. The molecule has 2 rings (SSSR count). The maximum absolute atomic E-state index is 13.2. The second-order valence-corrected chi connectivity index (χ2v) is 12.9. The fraction of sp³-hybridized carbons (Fsp3) is 0.609. The Hall–Kier alpha value is -1.19. The van der Waals surface area contributed by atoms with Gasteiger partial charge in [0.1, 0.15) is 11.0 Å². The van der Waals surface area contributed by atoms with Crippen LogP contribution in [0.25, 0.3) is 0 Å². The van der Waals surface area contributed by atoms with Gasteiger partial charge in [-0.2, -0.15) is 0 Å². The molecule has 0 aliphatic carbocycles.